The summed E-state index contributed by atoms with van der Waals surface area (Å²) < 4.78 is 0. The largest absolute Gasteiger partial charge is 0.339 e. The highest BCUT2D eigenvalue weighted by atomic mass is 35.5. The molecule has 0 aliphatic carbocycles. The van der Waals surface area contributed by atoms with Gasteiger partial charge in [-0.05, 0) is 36.1 Å². The van der Waals surface area contributed by atoms with Gasteiger partial charge in [0.25, 0.3) is 5.91 Å². The molecule has 0 spiro atoms. The second-order valence-electron chi connectivity index (χ2n) is 5.44. The van der Waals surface area contributed by atoms with Crippen LogP contribution in [0.2, 0.25) is 5.02 Å². The summed E-state index contributed by atoms with van der Waals surface area (Å²) in [5.41, 5.74) is 2.51. The van der Waals surface area contributed by atoms with Crippen LogP contribution in [-0.2, 0) is 4.79 Å². The van der Waals surface area contributed by atoms with Crippen molar-refractivity contribution in [1.82, 2.24) is 4.90 Å². The van der Waals surface area contributed by atoms with E-state index < -0.39 is 0 Å². The summed E-state index contributed by atoms with van der Waals surface area (Å²) in [6, 6.07) is 17.4. The standard InChI is InChI=1S/C19H18ClNO/c20-18-11-5-4-10-16(18)14-17(15-8-2-1-3-9-15)19(22)21-12-6-7-13-21/h1-5,8-11,14H,6-7,12-13H2/b17-14+. The molecule has 1 fully saturated rings. The summed E-state index contributed by atoms with van der Waals surface area (Å²) >= 11 is 6.25. The van der Waals surface area contributed by atoms with Gasteiger partial charge in [-0.25, -0.2) is 0 Å². The zero-order valence-electron chi connectivity index (χ0n) is 12.3. The number of nitrogens with zero attached hydrogens (tertiary/aromatic N) is 1. The summed E-state index contributed by atoms with van der Waals surface area (Å²) in [6.07, 6.45) is 4.07. The monoisotopic (exact) mass is 311 g/mol. The Kier molecular flexibility index (Phi) is 4.59. The second kappa shape index (κ2) is 6.80. The Labute approximate surface area is 136 Å². The molecule has 3 heteroatoms. The van der Waals surface area contributed by atoms with E-state index in [9.17, 15) is 4.79 Å². The average Bonchev–Trinajstić information content (AvgIpc) is 3.09. The summed E-state index contributed by atoms with van der Waals surface area (Å²) in [5, 5.41) is 0.658. The first-order valence-corrected chi connectivity index (χ1v) is 7.94. The lowest BCUT2D eigenvalue weighted by atomic mass is 10.0. The molecule has 1 amide bonds. The molecule has 1 aliphatic rings. The maximum absolute atomic E-state index is 12.9. The molecule has 1 heterocycles. The zero-order chi connectivity index (χ0) is 15.4. The molecule has 2 aromatic rings. The minimum absolute atomic E-state index is 0.0867. The van der Waals surface area contributed by atoms with E-state index in [0.717, 1.165) is 37.1 Å². The zero-order valence-corrected chi connectivity index (χ0v) is 13.1. The molecule has 0 atom stereocenters. The van der Waals surface area contributed by atoms with E-state index >= 15 is 0 Å². The molecular formula is C19H18ClNO. The van der Waals surface area contributed by atoms with Crippen molar-refractivity contribution in [2.24, 2.45) is 0 Å². The molecule has 2 aromatic carbocycles. The Bertz CT molecular complexity index is 688. The maximum Gasteiger partial charge on any atom is 0.254 e. The van der Waals surface area contributed by atoms with Crippen LogP contribution in [0.25, 0.3) is 11.6 Å². The minimum atomic E-state index is 0.0867. The molecule has 0 N–H and O–H groups in total. The highest BCUT2D eigenvalue weighted by Crippen LogP contribution is 2.26. The van der Waals surface area contributed by atoms with Crippen LogP contribution >= 0.6 is 11.6 Å². The van der Waals surface area contributed by atoms with E-state index in [4.69, 9.17) is 11.6 Å². The van der Waals surface area contributed by atoms with Crippen molar-refractivity contribution in [1.29, 1.82) is 0 Å². The van der Waals surface area contributed by atoms with Crippen molar-refractivity contribution >= 4 is 29.2 Å². The maximum atomic E-state index is 12.9. The third-order valence-electron chi connectivity index (χ3n) is 3.91. The van der Waals surface area contributed by atoms with Crippen LogP contribution in [0.3, 0.4) is 0 Å². The predicted octanol–water partition coefficient (Wildman–Crippen LogP) is 4.50. The Morgan fingerprint density at radius 1 is 0.955 bits per heavy atom. The van der Waals surface area contributed by atoms with E-state index in [1.807, 2.05) is 65.6 Å². The lowest BCUT2D eigenvalue weighted by Crippen LogP contribution is -2.28. The van der Waals surface area contributed by atoms with Gasteiger partial charge in [-0.2, -0.15) is 0 Å². The van der Waals surface area contributed by atoms with Gasteiger partial charge in [0.1, 0.15) is 0 Å². The molecule has 0 unspecified atom stereocenters. The number of carbonyl (C=O) groups excluding carboxylic acids is 1. The number of amides is 1. The van der Waals surface area contributed by atoms with E-state index in [1.54, 1.807) is 0 Å². The van der Waals surface area contributed by atoms with Crippen LogP contribution < -0.4 is 0 Å². The number of rotatable bonds is 3. The number of likely N-dealkylation sites (tertiary alicyclic amines) is 1. The summed E-state index contributed by atoms with van der Waals surface area (Å²) in [6.45, 7) is 1.68. The van der Waals surface area contributed by atoms with Crippen LogP contribution in [0.5, 0.6) is 0 Å². The molecule has 0 radical (unpaired) electrons. The van der Waals surface area contributed by atoms with Gasteiger partial charge < -0.3 is 4.90 Å². The molecule has 22 heavy (non-hydrogen) atoms. The SMILES string of the molecule is O=C(/C(=C/c1ccccc1Cl)c1ccccc1)N1CCCC1. The normalized spacial score (nSPS) is 15.1. The molecule has 3 rings (SSSR count). The van der Waals surface area contributed by atoms with Crippen LogP contribution in [-0.4, -0.2) is 23.9 Å². The first-order valence-electron chi connectivity index (χ1n) is 7.56. The van der Waals surface area contributed by atoms with E-state index in [2.05, 4.69) is 0 Å². The number of carbonyl (C=O) groups is 1. The van der Waals surface area contributed by atoms with Crippen molar-refractivity contribution in [3.8, 4) is 0 Å². The molecule has 112 valence electrons. The summed E-state index contributed by atoms with van der Waals surface area (Å²) in [5.74, 6) is 0.0867. The Balaban J connectivity index is 2.03. The van der Waals surface area contributed by atoms with Crippen LogP contribution in [0, 0.1) is 0 Å². The average molecular weight is 312 g/mol. The van der Waals surface area contributed by atoms with Gasteiger partial charge in [0.2, 0.25) is 0 Å². The van der Waals surface area contributed by atoms with Gasteiger partial charge >= 0.3 is 0 Å². The molecule has 0 bridgehead atoms. The Hall–Kier alpha value is -2.06. The van der Waals surface area contributed by atoms with Crippen molar-refractivity contribution in [2.75, 3.05) is 13.1 Å². The lowest BCUT2D eigenvalue weighted by molar-refractivity contribution is -0.123. The smallest absolute Gasteiger partial charge is 0.254 e. The number of hydrogen-bond acceptors (Lipinski definition) is 1. The fraction of sp³-hybridized carbons (Fsp3) is 0.211. The highest BCUT2D eigenvalue weighted by Gasteiger charge is 2.22. The van der Waals surface area contributed by atoms with Crippen molar-refractivity contribution in [3.63, 3.8) is 0 Å². The lowest BCUT2D eigenvalue weighted by Gasteiger charge is -2.18. The Morgan fingerprint density at radius 2 is 1.59 bits per heavy atom. The third kappa shape index (κ3) is 3.23. The molecule has 0 saturated carbocycles. The fourth-order valence-corrected chi connectivity index (χ4v) is 2.91. The van der Waals surface area contributed by atoms with Gasteiger partial charge in [0.05, 0.1) is 0 Å². The van der Waals surface area contributed by atoms with Gasteiger partial charge in [0.15, 0.2) is 0 Å². The third-order valence-corrected chi connectivity index (χ3v) is 4.26. The van der Waals surface area contributed by atoms with Gasteiger partial charge in [-0.3, -0.25) is 4.79 Å². The minimum Gasteiger partial charge on any atom is -0.339 e. The number of hydrogen-bond donors (Lipinski definition) is 0. The molecular weight excluding hydrogens is 294 g/mol. The molecule has 1 saturated heterocycles. The second-order valence-corrected chi connectivity index (χ2v) is 5.85. The van der Waals surface area contributed by atoms with Gasteiger partial charge in [-0.15, -0.1) is 0 Å². The summed E-state index contributed by atoms with van der Waals surface area (Å²) in [4.78, 5) is 14.8. The van der Waals surface area contributed by atoms with Gasteiger partial charge in [-0.1, -0.05) is 60.1 Å². The van der Waals surface area contributed by atoms with E-state index in [0.29, 0.717) is 10.6 Å². The summed E-state index contributed by atoms with van der Waals surface area (Å²) in [7, 11) is 0. The highest BCUT2D eigenvalue weighted by molar-refractivity contribution is 6.33. The Morgan fingerprint density at radius 3 is 2.27 bits per heavy atom. The molecule has 0 aromatic heterocycles. The first-order chi connectivity index (χ1) is 10.8. The van der Waals surface area contributed by atoms with Crippen molar-refractivity contribution in [2.45, 2.75) is 12.8 Å². The van der Waals surface area contributed by atoms with Crippen molar-refractivity contribution in [3.05, 3.63) is 70.7 Å². The molecule has 1 aliphatic heterocycles. The van der Waals surface area contributed by atoms with Crippen LogP contribution in [0.15, 0.2) is 54.6 Å². The van der Waals surface area contributed by atoms with Crippen molar-refractivity contribution < 1.29 is 4.79 Å². The predicted molar refractivity (Wildman–Crippen MR) is 91.6 cm³/mol. The van der Waals surface area contributed by atoms with Crippen LogP contribution in [0.4, 0.5) is 0 Å². The fourth-order valence-electron chi connectivity index (χ4n) is 2.72. The molecule has 2 nitrogen and oxygen atoms in total. The van der Waals surface area contributed by atoms with E-state index in [-0.39, 0.29) is 5.91 Å². The number of benzene rings is 2. The van der Waals surface area contributed by atoms with E-state index in [1.165, 1.54) is 0 Å². The first kappa shape index (κ1) is 14.9. The van der Waals surface area contributed by atoms with Crippen LogP contribution in [0.1, 0.15) is 24.0 Å². The quantitative estimate of drug-likeness (QED) is 0.603. The topological polar surface area (TPSA) is 20.3 Å². The number of halogens is 1. The van der Waals surface area contributed by atoms with Gasteiger partial charge in [0, 0.05) is 23.7 Å².